The number of carbonyl (C=O) groups excluding carboxylic acids is 1. The minimum absolute atomic E-state index is 0.224. The van der Waals surface area contributed by atoms with Crippen LogP contribution in [0.4, 0.5) is 0 Å². The number of ether oxygens (including phenoxy) is 1. The highest BCUT2D eigenvalue weighted by Crippen LogP contribution is 2.62. The molecule has 6 heteroatoms. The van der Waals surface area contributed by atoms with Crippen molar-refractivity contribution >= 4 is 14.0 Å². The van der Waals surface area contributed by atoms with Gasteiger partial charge in [0, 0.05) is 19.4 Å². The first-order valence-corrected chi connectivity index (χ1v) is 13.3. The van der Waals surface area contributed by atoms with Crippen molar-refractivity contribution in [1.29, 1.82) is 0 Å². The van der Waals surface area contributed by atoms with Gasteiger partial charge in [-0.2, -0.15) is 0 Å². The van der Waals surface area contributed by atoms with Crippen molar-refractivity contribution in [1.82, 2.24) is 5.23 Å². The zero-order chi connectivity index (χ0) is 17.1. The van der Waals surface area contributed by atoms with Gasteiger partial charge in [0.05, 0.1) is 19.3 Å². The molecule has 4 fully saturated rings. The highest BCUT2D eigenvalue weighted by Gasteiger charge is 2.66. The van der Waals surface area contributed by atoms with Crippen molar-refractivity contribution < 1.29 is 19.2 Å². The third-order valence-corrected chi connectivity index (χ3v) is 8.49. The van der Waals surface area contributed by atoms with Crippen LogP contribution >= 0.6 is 0 Å². The summed E-state index contributed by atoms with van der Waals surface area (Å²) in [5.41, 5.74) is 0.310. The van der Waals surface area contributed by atoms with Crippen molar-refractivity contribution in [2.45, 2.75) is 82.5 Å². The third-order valence-electron chi connectivity index (χ3n) is 6.89. The molecule has 0 aromatic heterocycles. The van der Waals surface area contributed by atoms with Gasteiger partial charge in [-0.3, -0.25) is 9.68 Å². The molecule has 2 bridgehead atoms. The van der Waals surface area contributed by atoms with E-state index in [0.29, 0.717) is 11.3 Å². The summed E-state index contributed by atoms with van der Waals surface area (Å²) in [6, 6.07) is 1.41. The fourth-order valence-corrected chi connectivity index (χ4v) is 7.52. The molecule has 0 aromatic carbocycles. The van der Waals surface area contributed by atoms with Gasteiger partial charge in [-0.05, 0) is 37.6 Å². The van der Waals surface area contributed by atoms with Gasteiger partial charge in [-0.15, -0.1) is 0 Å². The van der Waals surface area contributed by atoms with Crippen LogP contribution in [0, 0.1) is 17.3 Å². The Kier molecular flexibility index (Phi) is 4.10. The predicted octanol–water partition coefficient (Wildman–Crippen LogP) is 3.38. The van der Waals surface area contributed by atoms with E-state index < -0.39 is 14.2 Å². The highest BCUT2D eigenvalue weighted by atomic mass is 28.3. The first-order valence-electron chi connectivity index (χ1n) is 9.56. The van der Waals surface area contributed by atoms with Crippen molar-refractivity contribution in [2.75, 3.05) is 7.11 Å². The van der Waals surface area contributed by atoms with Crippen LogP contribution in [-0.2, 0) is 19.2 Å². The number of hydroxylamine groups is 2. The molecule has 0 radical (unpaired) electrons. The summed E-state index contributed by atoms with van der Waals surface area (Å²) in [5.74, 6) is 0.583. The van der Waals surface area contributed by atoms with E-state index in [9.17, 15) is 4.79 Å². The Morgan fingerprint density at radius 3 is 2.71 bits per heavy atom. The van der Waals surface area contributed by atoms with E-state index >= 15 is 0 Å². The number of hydrogen-bond acceptors (Lipinski definition) is 5. The molecule has 2 aliphatic heterocycles. The lowest BCUT2D eigenvalue weighted by Gasteiger charge is -2.60. The summed E-state index contributed by atoms with van der Waals surface area (Å²) in [5, 5.41) is 1.74. The second-order valence-corrected chi connectivity index (χ2v) is 15.0. The van der Waals surface area contributed by atoms with E-state index in [4.69, 9.17) is 14.4 Å². The molecule has 4 rings (SSSR count). The molecule has 2 aliphatic carbocycles. The maximum Gasteiger partial charge on any atom is 0.337 e. The van der Waals surface area contributed by atoms with Crippen LogP contribution in [0.15, 0.2) is 0 Å². The lowest BCUT2D eigenvalue weighted by Crippen LogP contribution is -2.63. The molecule has 0 spiro atoms. The molecule has 2 saturated heterocycles. The van der Waals surface area contributed by atoms with E-state index in [1.165, 1.54) is 45.3 Å². The average Bonchev–Trinajstić information content (AvgIpc) is 2.93. The first-order chi connectivity index (χ1) is 11.4. The normalized spacial score (nSPS) is 44.9. The van der Waals surface area contributed by atoms with Crippen LogP contribution in [0.1, 0.15) is 38.5 Å². The Balaban J connectivity index is 1.68. The maximum absolute atomic E-state index is 12.2. The molecule has 136 valence electrons. The first kappa shape index (κ1) is 17.0. The zero-order valence-corrected chi connectivity index (χ0v) is 16.4. The molecule has 6 atom stereocenters. The van der Waals surface area contributed by atoms with Crippen molar-refractivity contribution in [2.24, 2.45) is 17.3 Å². The van der Waals surface area contributed by atoms with Gasteiger partial charge in [0.25, 0.3) is 0 Å². The summed E-state index contributed by atoms with van der Waals surface area (Å²) in [6.45, 7) is 7.26. The molecule has 2 unspecified atom stereocenters. The average molecular weight is 354 g/mol. The standard InChI is InChI=1S/C18H31NO4Si/c1-21-17(20)16-12-8-10-18-9-6-5-7-13(18)15(12)19(23-16)22-14(18)11-24(2,3)4/h12-16H,5-11H2,1-4H3/t12-,13?,14?,15-,16-,18+/m0/s1. The van der Waals surface area contributed by atoms with Crippen LogP contribution in [0.25, 0.3) is 0 Å². The SMILES string of the molecule is COC(=O)[C@H]1ON2OC(C[Si](C)(C)C)[C@@]34CCCCC3[C@@H]2[C@@H]1CC4. The fourth-order valence-electron chi connectivity index (χ4n) is 5.93. The van der Waals surface area contributed by atoms with E-state index in [2.05, 4.69) is 19.6 Å². The smallest absolute Gasteiger partial charge is 0.337 e. The lowest BCUT2D eigenvalue weighted by atomic mass is 9.52. The lowest BCUT2D eigenvalue weighted by molar-refractivity contribution is -0.433. The number of rotatable bonds is 3. The van der Waals surface area contributed by atoms with Crippen LogP contribution in [0.5, 0.6) is 0 Å². The summed E-state index contributed by atoms with van der Waals surface area (Å²) >= 11 is 0. The highest BCUT2D eigenvalue weighted by molar-refractivity contribution is 6.76. The fraction of sp³-hybridized carbons (Fsp3) is 0.944. The third kappa shape index (κ3) is 2.49. The van der Waals surface area contributed by atoms with Gasteiger partial charge >= 0.3 is 5.97 Å². The Hall–Kier alpha value is -0.433. The Morgan fingerprint density at radius 2 is 2.00 bits per heavy atom. The van der Waals surface area contributed by atoms with Crippen molar-refractivity contribution in [3.8, 4) is 0 Å². The van der Waals surface area contributed by atoms with Gasteiger partial charge < -0.3 is 4.74 Å². The van der Waals surface area contributed by atoms with Gasteiger partial charge in [0.15, 0.2) is 6.10 Å². The predicted molar refractivity (Wildman–Crippen MR) is 92.7 cm³/mol. The molecule has 2 heterocycles. The van der Waals surface area contributed by atoms with Crippen LogP contribution in [-0.4, -0.2) is 44.6 Å². The van der Waals surface area contributed by atoms with E-state index in [0.717, 1.165) is 6.42 Å². The molecule has 0 amide bonds. The van der Waals surface area contributed by atoms with Gasteiger partial charge in [0.1, 0.15) is 0 Å². The number of carbonyl (C=O) groups is 1. The molecule has 4 aliphatic rings. The largest absolute Gasteiger partial charge is 0.467 e. The summed E-state index contributed by atoms with van der Waals surface area (Å²) in [7, 11) is 0.195. The number of esters is 1. The van der Waals surface area contributed by atoms with E-state index in [1.54, 1.807) is 5.23 Å². The van der Waals surface area contributed by atoms with Crippen LogP contribution in [0.2, 0.25) is 25.7 Å². The molecule has 5 nitrogen and oxygen atoms in total. The van der Waals surface area contributed by atoms with Gasteiger partial charge in [0.2, 0.25) is 0 Å². The quantitative estimate of drug-likeness (QED) is 0.575. The topological polar surface area (TPSA) is 48.0 Å². The number of methoxy groups -OCH3 is 1. The molecular formula is C18H31NO4Si. The Morgan fingerprint density at radius 1 is 1.21 bits per heavy atom. The second-order valence-electron chi connectivity index (χ2n) is 9.47. The van der Waals surface area contributed by atoms with Gasteiger partial charge in [-0.1, -0.05) is 37.7 Å². The maximum atomic E-state index is 12.2. The van der Waals surface area contributed by atoms with Crippen molar-refractivity contribution in [3.63, 3.8) is 0 Å². The molecule has 24 heavy (non-hydrogen) atoms. The molecular weight excluding hydrogens is 322 g/mol. The number of hydrogen-bond donors (Lipinski definition) is 0. The van der Waals surface area contributed by atoms with E-state index in [1.807, 2.05) is 0 Å². The minimum Gasteiger partial charge on any atom is -0.467 e. The van der Waals surface area contributed by atoms with Crippen molar-refractivity contribution in [3.05, 3.63) is 0 Å². The van der Waals surface area contributed by atoms with Crippen LogP contribution < -0.4 is 0 Å². The van der Waals surface area contributed by atoms with E-state index in [-0.39, 0.29) is 24.0 Å². The van der Waals surface area contributed by atoms with Gasteiger partial charge in [-0.25, -0.2) is 4.79 Å². The summed E-state index contributed by atoms with van der Waals surface area (Å²) < 4.78 is 4.99. The van der Waals surface area contributed by atoms with Crippen LogP contribution in [0.3, 0.4) is 0 Å². The monoisotopic (exact) mass is 353 g/mol. The molecule has 0 aromatic rings. The second kappa shape index (κ2) is 5.79. The summed E-state index contributed by atoms with van der Waals surface area (Å²) in [6.07, 6.45) is 7.16. The molecule has 0 N–H and O–H groups in total. The summed E-state index contributed by atoms with van der Waals surface area (Å²) in [4.78, 5) is 24.6. The minimum atomic E-state index is -1.26. The zero-order valence-electron chi connectivity index (χ0n) is 15.4. The Bertz CT molecular complexity index is 522. The molecule has 2 saturated carbocycles. The number of nitrogens with zero attached hydrogens (tertiary/aromatic N) is 1. The Labute approximate surface area is 145 Å².